The number of halogens is 1. The number of nitriles is 1. The van der Waals surface area contributed by atoms with E-state index in [2.05, 4.69) is 32.0 Å². The van der Waals surface area contributed by atoms with Gasteiger partial charge in [0, 0.05) is 16.8 Å². The summed E-state index contributed by atoms with van der Waals surface area (Å²) in [5.74, 6) is 1.40. The zero-order valence-corrected chi connectivity index (χ0v) is 15.6. The third-order valence-corrected chi connectivity index (χ3v) is 4.31. The molecular formula is C16H18BrN5O3. The van der Waals surface area contributed by atoms with Crippen LogP contribution in [0.1, 0.15) is 11.4 Å². The molecule has 0 atom stereocenters. The van der Waals surface area contributed by atoms with Crippen LogP contribution in [-0.4, -0.2) is 32.3 Å². The number of hydrogen-bond acceptors (Lipinski definition) is 5. The van der Waals surface area contributed by atoms with Crippen LogP contribution in [0, 0.1) is 11.3 Å². The van der Waals surface area contributed by atoms with Gasteiger partial charge < -0.3 is 30.7 Å². The molecule has 1 heterocycles. The fourth-order valence-electron chi connectivity index (χ4n) is 2.47. The molecule has 1 aromatic heterocycles. The van der Waals surface area contributed by atoms with E-state index < -0.39 is 0 Å². The number of ether oxygens (including phenoxy) is 3. The molecule has 0 radical (unpaired) electrons. The third-order valence-electron chi connectivity index (χ3n) is 3.52. The van der Waals surface area contributed by atoms with Crippen LogP contribution in [0.4, 0.5) is 0 Å². The predicted molar refractivity (Wildman–Crippen MR) is 97.8 cm³/mol. The number of H-pyrrole nitrogens is 1. The number of hydrogen-bond donors (Lipinski definition) is 3. The van der Waals surface area contributed by atoms with Crippen LogP contribution >= 0.6 is 15.9 Å². The van der Waals surface area contributed by atoms with Gasteiger partial charge >= 0.3 is 0 Å². The van der Waals surface area contributed by atoms with Crippen molar-refractivity contribution in [2.45, 2.75) is 6.54 Å². The van der Waals surface area contributed by atoms with Crippen LogP contribution in [0.15, 0.2) is 21.6 Å². The number of nitrogens with zero attached hydrogens (tertiary/aromatic N) is 2. The molecule has 0 aliphatic heterocycles. The van der Waals surface area contributed by atoms with E-state index in [1.54, 1.807) is 13.2 Å². The Balaban J connectivity index is 2.75. The van der Waals surface area contributed by atoms with Crippen LogP contribution < -0.4 is 25.7 Å². The first-order valence-electron chi connectivity index (χ1n) is 7.13. The van der Waals surface area contributed by atoms with Gasteiger partial charge in [-0.25, -0.2) is 4.99 Å². The van der Waals surface area contributed by atoms with Crippen molar-refractivity contribution in [3.05, 3.63) is 28.0 Å². The largest absolute Gasteiger partial charge is 0.493 e. The van der Waals surface area contributed by atoms with Gasteiger partial charge in [-0.1, -0.05) is 0 Å². The van der Waals surface area contributed by atoms with E-state index in [4.69, 9.17) is 25.7 Å². The van der Waals surface area contributed by atoms with Gasteiger partial charge in [0.2, 0.25) is 5.75 Å². The Kier molecular flexibility index (Phi) is 5.77. The molecule has 0 bridgehead atoms. The van der Waals surface area contributed by atoms with Gasteiger partial charge in [0.1, 0.15) is 11.8 Å². The van der Waals surface area contributed by atoms with Gasteiger partial charge in [-0.3, -0.25) is 0 Å². The number of rotatable bonds is 6. The smallest absolute Gasteiger partial charge is 0.203 e. The Morgan fingerprint density at radius 3 is 2.40 bits per heavy atom. The molecule has 0 saturated heterocycles. The van der Waals surface area contributed by atoms with Crippen molar-refractivity contribution in [3.63, 3.8) is 0 Å². The lowest BCUT2D eigenvalue weighted by molar-refractivity contribution is 0.325. The van der Waals surface area contributed by atoms with Crippen molar-refractivity contribution >= 4 is 21.9 Å². The highest BCUT2D eigenvalue weighted by molar-refractivity contribution is 9.10. The average molecular weight is 408 g/mol. The highest BCUT2D eigenvalue weighted by atomic mass is 79.9. The standard InChI is InChI=1S/C16H18BrN5O3/c1-23-11-5-4-8(14(24-2)15(11)25-3)12-10(7-21-16(19)20)22-9(6-18)13(12)17/h4-5,22H,7H2,1-3H3,(H4,19,20,21). The highest BCUT2D eigenvalue weighted by Gasteiger charge is 2.24. The summed E-state index contributed by atoms with van der Waals surface area (Å²) in [7, 11) is 4.60. The molecule has 2 aromatic rings. The Morgan fingerprint density at radius 1 is 1.20 bits per heavy atom. The van der Waals surface area contributed by atoms with Gasteiger partial charge in [-0.05, 0) is 28.1 Å². The summed E-state index contributed by atoms with van der Waals surface area (Å²) in [6, 6.07) is 5.66. The van der Waals surface area contributed by atoms with Crippen LogP contribution in [0.2, 0.25) is 0 Å². The Labute approximate surface area is 153 Å². The van der Waals surface area contributed by atoms with E-state index in [1.807, 2.05) is 6.07 Å². The number of nitrogens with two attached hydrogens (primary N) is 2. The first kappa shape index (κ1) is 18.5. The maximum Gasteiger partial charge on any atom is 0.203 e. The molecule has 132 valence electrons. The SMILES string of the molecule is COc1ccc(-c2c(CN=C(N)N)[nH]c(C#N)c2Br)c(OC)c1OC. The number of nitrogens with one attached hydrogen (secondary N) is 1. The minimum atomic E-state index is -0.0468. The minimum absolute atomic E-state index is 0.0468. The van der Waals surface area contributed by atoms with E-state index in [9.17, 15) is 5.26 Å². The van der Waals surface area contributed by atoms with Crippen LogP contribution in [-0.2, 0) is 6.54 Å². The van der Waals surface area contributed by atoms with Crippen molar-refractivity contribution in [1.29, 1.82) is 5.26 Å². The first-order valence-corrected chi connectivity index (χ1v) is 7.92. The minimum Gasteiger partial charge on any atom is -0.493 e. The van der Waals surface area contributed by atoms with Gasteiger partial charge in [0.05, 0.1) is 32.3 Å². The molecule has 0 aliphatic carbocycles. The highest BCUT2D eigenvalue weighted by Crippen LogP contribution is 2.47. The lowest BCUT2D eigenvalue weighted by Crippen LogP contribution is -2.22. The zero-order valence-electron chi connectivity index (χ0n) is 14.0. The number of benzene rings is 1. The van der Waals surface area contributed by atoms with Crippen molar-refractivity contribution in [2.75, 3.05) is 21.3 Å². The van der Waals surface area contributed by atoms with E-state index in [-0.39, 0.29) is 12.5 Å². The normalized spacial score (nSPS) is 10.0. The summed E-state index contributed by atoms with van der Waals surface area (Å²) in [6.45, 7) is 0.176. The van der Waals surface area contributed by atoms with E-state index in [1.165, 1.54) is 14.2 Å². The summed E-state index contributed by atoms with van der Waals surface area (Å²) < 4.78 is 16.8. The topological polar surface area (TPSA) is 132 Å². The van der Waals surface area contributed by atoms with E-state index >= 15 is 0 Å². The van der Waals surface area contributed by atoms with Gasteiger partial charge in [0.25, 0.3) is 0 Å². The summed E-state index contributed by atoms with van der Waals surface area (Å²) in [5.41, 5.74) is 13.3. The second-order valence-corrected chi connectivity index (χ2v) is 5.70. The Morgan fingerprint density at radius 2 is 1.88 bits per heavy atom. The molecule has 0 amide bonds. The van der Waals surface area contributed by atoms with Crippen LogP contribution in [0.3, 0.4) is 0 Å². The number of aromatic amines is 1. The molecule has 5 N–H and O–H groups in total. The average Bonchev–Trinajstić information content (AvgIpc) is 2.93. The van der Waals surface area contributed by atoms with Crippen molar-refractivity contribution < 1.29 is 14.2 Å². The maximum atomic E-state index is 9.32. The molecule has 1 aromatic carbocycles. The molecule has 9 heteroatoms. The number of aromatic nitrogens is 1. The van der Waals surface area contributed by atoms with Crippen LogP contribution in [0.25, 0.3) is 11.1 Å². The number of methoxy groups -OCH3 is 3. The molecule has 0 spiro atoms. The molecule has 8 nitrogen and oxygen atoms in total. The molecule has 0 unspecified atom stereocenters. The first-order chi connectivity index (χ1) is 12.0. The Bertz CT molecular complexity index is 850. The van der Waals surface area contributed by atoms with Gasteiger partial charge in [-0.15, -0.1) is 0 Å². The van der Waals surface area contributed by atoms with Crippen LogP contribution in [0.5, 0.6) is 17.2 Å². The maximum absolute atomic E-state index is 9.32. The lowest BCUT2D eigenvalue weighted by Gasteiger charge is -2.16. The predicted octanol–water partition coefficient (Wildman–Crippen LogP) is 2.12. The molecule has 0 aliphatic rings. The van der Waals surface area contributed by atoms with Gasteiger partial charge in [0.15, 0.2) is 17.5 Å². The number of aliphatic imine (C=N–C) groups is 1. The van der Waals surface area contributed by atoms with Crippen molar-refractivity contribution in [1.82, 2.24) is 4.98 Å². The quantitative estimate of drug-likeness (QED) is 0.496. The third kappa shape index (κ3) is 3.49. The second-order valence-electron chi connectivity index (χ2n) is 4.90. The summed E-state index contributed by atoms with van der Waals surface area (Å²) in [6.07, 6.45) is 0. The summed E-state index contributed by atoms with van der Waals surface area (Å²) >= 11 is 3.46. The monoisotopic (exact) mass is 407 g/mol. The summed E-state index contributed by atoms with van der Waals surface area (Å²) in [4.78, 5) is 7.03. The van der Waals surface area contributed by atoms with E-state index in [0.29, 0.717) is 44.2 Å². The Hall–Kier alpha value is -2.86. The van der Waals surface area contributed by atoms with Crippen molar-refractivity contribution in [3.8, 4) is 34.4 Å². The molecule has 2 rings (SSSR count). The fraction of sp³-hybridized carbons (Fsp3) is 0.250. The fourth-order valence-corrected chi connectivity index (χ4v) is 3.11. The van der Waals surface area contributed by atoms with E-state index in [0.717, 1.165) is 0 Å². The lowest BCUT2D eigenvalue weighted by atomic mass is 10.0. The molecule has 0 fully saturated rings. The molecule has 0 saturated carbocycles. The summed E-state index contributed by atoms with van der Waals surface area (Å²) in [5, 5.41) is 9.32. The zero-order chi connectivity index (χ0) is 18.6. The second kappa shape index (κ2) is 7.81. The van der Waals surface area contributed by atoms with Crippen molar-refractivity contribution in [2.24, 2.45) is 16.5 Å². The number of guanidine groups is 1. The van der Waals surface area contributed by atoms with Gasteiger partial charge in [-0.2, -0.15) is 5.26 Å². The molecular weight excluding hydrogens is 390 g/mol. The molecule has 25 heavy (non-hydrogen) atoms.